The molecule has 16 heavy (non-hydrogen) atoms. The third-order valence-electron chi connectivity index (χ3n) is 2.18. The predicted octanol–water partition coefficient (Wildman–Crippen LogP) is 1.46. The van der Waals surface area contributed by atoms with Gasteiger partial charge in [-0.1, -0.05) is 12.1 Å². The third kappa shape index (κ3) is 3.90. The summed E-state index contributed by atoms with van der Waals surface area (Å²) in [6.07, 6.45) is 0.598. The number of benzene rings is 1. The van der Waals surface area contributed by atoms with Crippen molar-refractivity contribution in [2.45, 2.75) is 25.9 Å². The van der Waals surface area contributed by atoms with E-state index < -0.39 is 12.1 Å². The van der Waals surface area contributed by atoms with E-state index in [0.29, 0.717) is 12.2 Å². The second-order valence-electron chi connectivity index (χ2n) is 3.57. The van der Waals surface area contributed by atoms with Gasteiger partial charge in [0, 0.05) is 6.61 Å². The van der Waals surface area contributed by atoms with E-state index in [9.17, 15) is 4.79 Å². The van der Waals surface area contributed by atoms with Gasteiger partial charge in [-0.2, -0.15) is 0 Å². The molecule has 0 saturated carbocycles. The number of carboxylic acids is 1. The quantitative estimate of drug-likeness (QED) is 0.767. The molecule has 0 aliphatic carbocycles. The highest BCUT2D eigenvalue weighted by atomic mass is 16.5. The van der Waals surface area contributed by atoms with Crippen molar-refractivity contribution in [3.05, 3.63) is 29.8 Å². The number of aliphatic hydroxyl groups is 1. The lowest BCUT2D eigenvalue weighted by molar-refractivity contribution is -0.144. The summed E-state index contributed by atoms with van der Waals surface area (Å²) in [6.45, 7) is 1.64. The van der Waals surface area contributed by atoms with Crippen molar-refractivity contribution < 1.29 is 19.7 Å². The van der Waals surface area contributed by atoms with Gasteiger partial charge in [-0.05, 0) is 37.5 Å². The van der Waals surface area contributed by atoms with Crippen molar-refractivity contribution in [1.82, 2.24) is 0 Å². The van der Waals surface area contributed by atoms with Gasteiger partial charge in [-0.3, -0.25) is 0 Å². The zero-order valence-electron chi connectivity index (χ0n) is 9.22. The van der Waals surface area contributed by atoms with Crippen LogP contribution in [0.1, 0.15) is 18.9 Å². The fourth-order valence-electron chi connectivity index (χ4n) is 1.31. The first-order chi connectivity index (χ1) is 7.63. The van der Waals surface area contributed by atoms with Crippen LogP contribution in [0.15, 0.2) is 24.3 Å². The van der Waals surface area contributed by atoms with Gasteiger partial charge in [0.15, 0.2) is 6.10 Å². The van der Waals surface area contributed by atoms with Crippen LogP contribution in [-0.2, 0) is 11.2 Å². The highest BCUT2D eigenvalue weighted by Crippen LogP contribution is 2.16. The summed E-state index contributed by atoms with van der Waals surface area (Å²) in [7, 11) is 0. The summed E-state index contributed by atoms with van der Waals surface area (Å²) in [4.78, 5) is 10.6. The molecule has 4 heteroatoms. The van der Waals surface area contributed by atoms with Crippen molar-refractivity contribution in [2.24, 2.45) is 0 Å². The van der Waals surface area contributed by atoms with Gasteiger partial charge in [-0.25, -0.2) is 4.79 Å². The van der Waals surface area contributed by atoms with Crippen molar-refractivity contribution in [3.8, 4) is 5.75 Å². The van der Waals surface area contributed by atoms with Crippen LogP contribution in [0.5, 0.6) is 5.75 Å². The molecule has 0 spiro atoms. The summed E-state index contributed by atoms with van der Waals surface area (Å²) >= 11 is 0. The minimum atomic E-state index is -0.985. The number of hydrogen-bond acceptors (Lipinski definition) is 3. The Balaban J connectivity index is 2.63. The topological polar surface area (TPSA) is 66.8 Å². The largest absolute Gasteiger partial charge is 0.479 e. The minimum absolute atomic E-state index is 0.149. The monoisotopic (exact) mass is 224 g/mol. The van der Waals surface area contributed by atoms with E-state index in [4.69, 9.17) is 14.9 Å². The molecule has 0 amide bonds. The Morgan fingerprint density at radius 1 is 1.50 bits per heavy atom. The molecule has 1 aromatic carbocycles. The number of aryl methyl sites for hydroxylation is 1. The van der Waals surface area contributed by atoms with Gasteiger partial charge < -0.3 is 14.9 Å². The van der Waals surface area contributed by atoms with Crippen LogP contribution in [0.4, 0.5) is 0 Å². The van der Waals surface area contributed by atoms with Crippen LogP contribution < -0.4 is 4.74 Å². The van der Waals surface area contributed by atoms with E-state index in [0.717, 1.165) is 12.0 Å². The van der Waals surface area contributed by atoms with Crippen LogP contribution in [0.3, 0.4) is 0 Å². The molecule has 0 radical (unpaired) electrons. The van der Waals surface area contributed by atoms with E-state index in [1.807, 2.05) is 12.1 Å². The molecule has 1 aromatic rings. The molecule has 0 aromatic heterocycles. The van der Waals surface area contributed by atoms with E-state index in [-0.39, 0.29) is 6.61 Å². The van der Waals surface area contributed by atoms with Crippen molar-refractivity contribution in [1.29, 1.82) is 0 Å². The molecule has 0 bridgehead atoms. The second kappa shape index (κ2) is 6.12. The lowest BCUT2D eigenvalue weighted by Crippen LogP contribution is -2.22. The SMILES string of the molecule is C[C@H](Oc1cccc(CCCO)c1)C(=O)O. The van der Waals surface area contributed by atoms with E-state index in [1.165, 1.54) is 6.92 Å². The summed E-state index contributed by atoms with van der Waals surface area (Å²) in [6, 6.07) is 7.27. The average molecular weight is 224 g/mol. The number of rotatable bonds is 6. The fraction of sp³-hybridized carbons (Fsp3) is 0.417. The minimum Gasteiger partial charge on any atom is -0.479 e. The number of aliphatic hydroxyl groups excluding tert-OH is 1. The highest BCUT2D eigenvalue weighted by Gasteiger charge is 2.12. The second-order valence-corrected chi connectivity index (χ2v) is 3.57. The first kappa shape index (κ1) is 12.5. The third-order valence-corrected chi connectivity index (χ3v) is 2.18. The highest BCUT2D eigenvalue weighted by molar-refractivity contribution is 5.72. The van der Waals surface area contributed by atoms with Crippen molar-refractivity contribution in [2.75, 3.05) is 6.61 Å². The van der Waals surface area contributed by atoms with Gasteiger partial charge in [0.2, 0.25) is 0 Å². The van der Waals surface area contributed by atoms with Crippen molar-refractivity contribution >= 4 is 5.97 Å². The smallest absolute Gasteiger partial charge is 0.344 e. The number of aliphatic carboxylic acids is 1. The van der Waals surface area contributed by atoms with Crippen LogP contribution in [0.2, 0.25) is 0 Å². The standard InChI is InChI=1S/C12H16O4/c1-9(12(14)15)16-11-6-2-4-10(8-11)5-3-7-13/h2,4,6,8-9,13H,3,5,7H2,1H3,(H,14,15)/t9-/m0/s1. The maximum absolute atomic E-state index is 10.6. The molecule has 4 nitrogen and oxygen atoms in total. The number of hydrogen-bond donors (Lipinski definition) is 2. The first-order valence-corrected chi connectivity index (χ1v) is 5.22. The van der Waals surface area contributed by atoms with Gasteiger partial charge in [0.1, 0.15) is 5.75 Å². The van der Waals surface area contributed by atoms with E-state index in [1.54, 1.807) is 12.1 Å². The van der Waals surface area contributed by atoms with Gasteiger partial charge in [0.25, 0.3) is 0 Å². The maximum Gasteiger partial charge on any atom is 0.344 e. The molecular weight excluding hydrogens is 208 g/mol. The Labute approximate surface area is 94.5 Å². The Morgan fingerprint density at radius 3 is 2.88 bits per heavy atom. The Hall–Kier alpha value is -1.55. The van der Waals surface area contributed by atoms with Crippen LogP contribution in [-0.4, -0.2) is 28.9 Å². The summed E-state index contributed by atoms with van der Waals surface area (Å²) in [5.41, 5.74) is 1.03. The van der Waals surface area contributed by atoms with Crippen LogP contribution >= 0.6 is 0 Å². The lowest BCUT2D eigenvalue weighted by Gasteiger charge is -2.11. The molecular formula is C12H16O4. The maximum atomic E-state index is 10.6. The molecule has 1 atom stereocenters. The van der Waals surface area contributed by atoms with Gasteiger partial charge in [-0.15, -0.1) is 0 Å². The normalized spacial score (nSPS) is 12.1. The summed E-state index contributed by atoms with van der Waals surface area (Å²) in [5, 5.41) is 17.4. The molecule has 0 aliphatic heterocycles. The van der Waals surface area contributed by atoms with Crippen LogP contribution in [0, 0.1) is 0 Å². The molecule has 0 fully saturated rings. The summed E-state index contributed by atoms with van der Waals surface area (Å²) < 4.78 is 5.23. The zero-order chi connectivity index (χ0) is 12.0. The molecule has 0 heterocycles. The van der Waals surface area contributed by atoms with Gasteiger partial charge in [0.05, 0.1) is 0 Å². The lowest BCUT2D eigenvalue weighted by atomic mass is 10.1. The molecule has 0 unspecified atom stereocenters. The number of ether oxygens (including phenoxy) is 1. The van der Waals surface area contributed by atoms with Gasteiger partial charge >= 0.3 is 5.97 Å². The fourth-order valence-corrected chi connectivity index (χ4v) is 1.31. The Kier molecular flexibility index (Phi) is 4.79. The molecule has 2 N–H and O–H groups in total. The van der Waals surface area contributed by atoms with Crippen molar-refractivity contribution in [3.63, 3.8) is 0 Å². The molecule has 0 saturated heterocycles. The van der Waals surface area contributed by atoms with Crippen LogP contribution in [0.25, 0.3) is 0 Å². The molecule has 1 rings (SSSR count). The molecule has 0 aliphatic rings. The number of carbonyl (C=O) groups is 1. The Morgan fingerprint density at radius 2 is 2.25 bits per heavy atom. The first-order valence-electron chi connectivity index (χ1n) is 5.22. The predicted molar refractivity (Wildman–Crippen MR) is 59.6 cm³/mol. The summed E-state index contributed by atoms with van der Waals surface area (Å²) in [5.74, 6) is -0.439. The number of carboxylic acid groups (broad SMARTS) is 1. The Bertz CT molecular complexity index is 349. The zero-order valence-corrected chi connectivity index (χ0v) is 9.22. The average Bonchev–Trinajstić information content (AvgIpc) is 2.26. The molecule has 88 valence electrons. The van der Waals surface area contributed by atoms with E-state index >= 15 is 0 Å². The van der Waals surface area contributed by atoms with E-state index in [2.05, 4.69) is 0 Å².